The highest BCUT2D eigenvalue weighted by Gasteiger charge is 2.17. The van der Waals surface area contributed by atoms with Crippen LogP contribution < -0.4 is 0 Å². The van der Waals surface area contributed by atoms with Crippen LogP contribution in [0.4, 0.5) is 8.78 Å². The number of rotatable bonds is 4. The number of ketones is 1. The first-order valence-electron chi connectivity index (χ1n) is 5.02. The Morgan fingerprint density at radius 1 is 1.31 bits per heavy atom. The third kappa shape index (κ3) is 3.10. The first kappa shape index (κ1) is 12.8. The fourth-order valence-electron chi connectivity index (χ4n) is 1.59. The van der Waals surface area contributed by atoms with Gasteiger partial charge in [0.05, 0.1) is 0 Å². The first-order chi connectivity index (χ1) is 7.41. The third-order valence-corrected chi connectivity index (χ3v) is 2.43. The molecule has 88 valence electrons. The Morgan fingerprint density at radius 3 is 2.38 bits per heavy atom. The van der Waals surface area contributed by atoms with E-state index in [4.69, 9.17) is 0 Å². The predicted molar refractivity (Wildman–Crippen MR) is 58.1 cm³/mol. The molecule has 0 bridgehead atoms. The number of benzene rings is 1. The number of Topliss-reactive ketones (excluding diaryl/α,β-unsaturated/α-hetero) is 1. The summed E-state index contributed by atoms with van der Waals surface area (Å²) in [4.78, 5) is 12.9. The summed E-state index contributed by atoms with van der Waals surface area (Å²) in [5.74, 6) is -1.74. The lowest BCUT2D eigenvalue weighted by molar-refractivity contribution is -0.118. The minimum Gasteiger partial charge on any atom is -0.302 e. The van der Waals surface area contributed by atoms with Gasteiger partial charge in [0.25, 0.3) is 0 Å². The van der Waals surface area contributed by atoms with Crippen LogP contribution in [0.5, 0.6) is 0 Å². The van der Waals surface area contributed by atoms with Crippen molar-refractivity contribution in [1.29, 1.82) is 0 Å². The minimum absolute atomic E-state index is 0.0171. The van der Waals surface area contributed by atoms with Crippen LogP contribution in [0.2, 0.25) is 0 Å². The summed E-state index contributed by atoms with van der Waals surface area (Å²) in [6.07, 6.45) is 0.290. The Morgan fingerprint density at radius 2 is 1.94 bits per heavy atom. The summed E-state index contributed by atoms with van der Waals surface area (Å²) in [6.45, 7) is 1.48. The molecular weight excluding hydrogens is 212 g/mol. The topological polar surface area (TPSA) is 20.3 Å². The SMILES string of the molecule is CC(=O)CC(c1ccc(F)c(F)c1)N(C)C. The molecule has 0 saturated carbocycles. The van der Waals surface area contributed by atoms with Crippen LogP contribution in [0.3, 0.4) is 0 Å². The van der Waals surface area contributed by atoms with Crippen molar-refractivity contribution < 1.29 is 13.6 Å². The van der Waals surface area contributed by atoms with Crippen molar-refractivity contribution in [3.05, 3.63) is 35.4 Å². The van der Waals surface area contributed by atoms with Gasteiger partial charge in [-0.1, -0.05) is 6.07 Å². The Labute approximate surface area is 93.9 Å². The van der Waals surface area contributed by atoms with Gasteiger partial charge in [-0.3, -0.25) is 4.79 Å². The average molecular weight is 227 g/mol. The Bertz CT molecular complexity index is 391. The number of carbonyl (C=O) groups is 1. The van der Waals surface area contributed by atoms with E-state index >= 15 is 0 Å². The standard InChI is InChI=1S/C12H15F2NO/c1-8(16)6-12(15(2)3)9-4-5-10(13)11(14)7-9/h4-5,7,12H,6H2,1-3H3. The molecule has 4 heteroatoms. The second-order valence-electron chi connectivity index (χ2n) is 4.06. The molecular formula is C12H15F2NO. The van der Waals surface area contributed by atoms with Gasteiger partial charge < -0.3 is 4.90 Å². The molecule has 0 aromatic heterocycles. The second kappa shape index (κ2) is 5.16. The van der Waals surface area contributed by atoms with E-state index < -0.39 is 11.6 Å². The lowest BCUT2D eigenvalue weighted by Crippen LogP contribution is -2.22. The molecule has 16 heavy (non-hydrogen) atoms. The predicted octanol–water partition coefficient (Wildman–Crippen LogP) is 2.55. The number of hydrogen-bond donors (Lipinski definition) is 0. The summed E-state index contributed by atoms with van der Waals surface area (Å²) in [6, 6.07) is 3.52. The Kier molecular flexibility index (Phi) is 4.12. The van der Waals surface area contributed by atoms with Crippen molar-refractivity contribution >= 4 is 5.78 Å². The minimum atomic E-state index is -0.882. The fourth-order valence-corrected chi connectivity index (χ4v) is 1.59. The highest BCUT2D eigenvalue weighted by Crippen LogP contribution is 2.23. The van der Waals surface area contributed by atoms with Crippen molar-refractivity contribution in [2.45, 2.75) is 19.4 Å². The van der Waals surface area contributed by atoms with Gasteiger partial charge in [0.2, 0.25) is 0 Å². The van der Waals surface area contributed by atoms with Crippen molar-refractivity contribution in [2.24, 2.45) is 0 Å². The number of carbonyl (C=O) groups excluding carboxylic acids is 1. The van der Waals surface area contributed by atoms with E-state index in [9.17, 15) is 13.6 Å². The largest absolute Gasteiger partial charge is 0.302 e. The van der Waals surface area contributed by atoms with Gasteiger partial charge >= 0.3 is 0 Å². The molecule has 0 spiro atoms. The zero-order valence-electron chi connectivity index (χ0n) is 9.63. The smallest absolute Gasteiger partial charge is 0.159 e. The van der Waals surface area contributed by atoms with Gasteiger partial charge in [-0.25, -0.2) is 8.78 Å². The number of hydrogen-bond acceptors (Lipinski definition) is 2. The molecule has 1 aromatic carbocycles. The van der Waals surface area contributed by atoms with Crippen molar-refractivity contribution in [2.75, 3.05) is 14.1 Å². The van der Waals surface area contributed by atoms with Crippen molar-refractivity contribution in [1.82, 2.24) is 4.90 Å². The maximum Gasteiger partial charge on any atom is 0.159 e. The molecule has 1 rings (SSSR count). The summed E-state index contributed by atoms with van der Waals surface area (Å²) < 4.78 is 25.8. The Hall–Kier alpha value is -1.29. The number of halogens is 2. The molecule has 1 atom stereocenters. The van der Waals surface area contributed by atoms with E-state index in [0.29, 0.717) is 5.56 Å². The molecule has 1 unspecified atom stereocenters. The van der Waals surface area contributed by atoms with Gasteiger partial charge in [-0.15, -0.1) is 0 Å². The lowest BCUT2D eigenvalue weighted by Gasteiger charge is -2.23. The lowest BCUT2D eigenvalue weighted by atomic mass is 10.0. The summed E-state index contributed by atoms with van der Waals surface area (Å²) in [5, 5.41) is 0. The molecule has 0 fully saturated rings. The molecule has 0 aliphatic heterocycles. The zero-order valence-corrected chi connectivity index (χ0v) is 9.63. The average Bonchev–Trinajstić information content (AvgIpc) is 2.18. The summed E-state index contributed by atoms with van der Waals surface area (Å²) in [7, 11) is 3.60. The quantitative estimate of drug-likeness (QED) is 0.787. The zero-order chi connectivity index (χ0) is 12.3. The second-order valence-corrected chi connectivity index (χ2v) is 4.06. The van der Waals surface area contributed by atoms with Crippen LogP contribution in [-0.4, -0.2) is 24.8 Å². The fraction of sp³-hybridized carbons (Fsp3) is 0.417. The highest BCUT2D eigenvalue weighted by atomic mass is 19.2. The van der Waals surface area contributed by atoms with Crippen LogP contribution in [-0.2, 0) is 4.79 Å². The molecule has 0 heterocycles. The van der Waals surface area contributed by atoms with Gasteiger partial charge in [-0.05, 0) is 38.7 Å². The first-order valence-corrected chi connectivity index (χ1v) is 5.02. The van der Waals surface area contributed by atoms with Crippen molar-refractivity contribution in [3.63, 3.8) is 0 Å². The third-order valence-electron chi connectivity index (χ3n) is 2.43. The van der Waals surface area contributed by atoms with E-state index in [1.54, 1.807) is 14.1 Å². The highest BCUT2D eigenvalue weighted by molar-refractivity contribution is 5.76. The molecule has 0 radical (unpaired) electrons. The van der Waals surface area contributed by atoms with Crippen LogP contribution in [0, 0.1) is 11.6 Å². The molecule has 0 amide bonds. The van der Waals surface area contributed by atoms with E-state index in [-0.39, 0.29) is 18.2 Å². The van der Waals surface area contributed by atoms with Crippen LogP contribution >= 0.6 is 0 Å². The molecule has 0 N–H and O–H groups in total. The van der Waals surface area contributed by atoms with Gasteiger partial charge in [0.1, 0.15) is 5.78 Å². The van der Waals surface area contributed by atoms with Crippen LogP contribution in [0.15, 0.2) is 18.2 Å². The van der Waals surface area contributed by atoms with E-state index in [0.717, 1.165) is 12.1 Å². The van der Waals surface area contributed by atoms with E-state index in [1.165, 1.54) is 13.0 Å². The van der Waals surface area contributed by atoms with E-state index in [1.807, 2.05) is 4.90 Å². The Balaban J connectivity index is 3.01. The maximum atomic E-state index is 13.1. The van der Waals surface area contributed by atoms with Crippen LogP contribution in [0.25, 0.3) is 0 Å². The molecule has 0 aliphatic rings. The van der Waals surface area contributed by atoms with Gasteiger partial charge in [0, 0.05) is 12.5 Å². The van der Waals surface area contributed by atoms with Gasteiger partial charge in [-0.2, -0.15) is 0 Å². The summed E-state index contributed by atoms with van der Waals surface area (Å²) in [5.41, 5.74) is 0.610. The van der Waals surface area contributed by atoms with E-state index in [2.05, 4.69) is 0 Å². The maximum absolute atomic E-state index is 13.1. The molecule has 0 saturated heterocycles. The molecule has 0 aliphatic carbocycles. The van der Waals surface area contributed by atoms with Crippen LogP contribution in [0.1, 0.15) is 24.9 Å². The monoisotopic (exact) mass is 227 g/mol. The summed E-state index contributed by atoms with van der Waals surface area (Å²) >= 11 is 0. The van der Waals surface area contributed by atoms with Crippen molar-refractivity contribution in [3.8, 4) is 0 Å². The van der Waals surface area contributed by atoms with Gasteiger partial charge in [0.15, 0.2) is 11.6 Å². The number of nitrogens with zero attached hydrogens (tertiary/aromatic N) is 1. The molecule has 1 aromatic rings. The normalized spacial score (nSPS) is 12.9. The molecule has 2 nitrogen and oxygen atoms in total.